The highest BCUT2D eigenvalue weighted by atomic mass is 35.5. The maximum atomic E-state index is 12.8. The minimum absolute atomic E-state index is 0.177. The van der Waals surface area contributed by atoms with E-state index in [1.165, 1.54) is 6.07 Å². The van der Waals surface area contributed by atoms with Crippen LogP contribution in [-0.4, -0.2) is 31.1 Å². The molecule has 6 nitrogen and oxygen atoms in total. The van der Waals surface area contributed by atoms with Crippen LogP contribution in [0.1, 0.15) is 22.8 Å². The van der Waals surface area contributed by atoms with Gasteiger partial charge in [-0.1, -0.05) is 35.3 Å². The van der Waals surface area contributed by atoms with Gasteiger partial charge in [-0.25, -0.2) is 0 Å². The van der Waals surface area contributed by atoms with Crippen LogP contribution in [0.5, 0.6) is 11.5 Å². The summed E-state index contributed by atoms with van der Waals surface area (Å²) in [5.41, 5.74) is 2.54. The Morgan fingerprint density at radius 2 is 1.91 bits per heavy atom. The van der Waals surface area contributed by atoms with Crippen molar-refractivity contribution in [2.45, 2.75) is 20.0 Å². The van der Waals surface area contributed by atoms with Gasteiger partial charge in [-0.2, -0.15) is 0 Å². The van der Waals surface area contributed by atoms with Crippen LogP contribution in [0.15, 0.2) is 60.7 Å². The van der Waals surface area contributed by atoms with Gasteiger partial charge < -0.3 is 19.7 Å². The molecule has 3 aromatic rings. The number of ether oxygens (including phenoxy) is 2. The first-order valence-corrected chi connectivity index (χ1v) is 11.2. The van der Waals surface area contributed by atoms with Gasteiger partial charge in [0.05, 0.1) is 22.3 Å². The van der Waals surface area contributed by atoms with Gasteiger partial charge in [-0.3, -0.25) is 9.59 Å². The van der Waals surface area contributed by atoms with Crippen LogP contribution in [0.4, 0.5) is 11.4 Å². The summed E-state index contributed by atoms with van der Waals surface area (Å²) in [6.45, 7) is 4.34. The second-order valence-corrected chi connectivity index (χ2v) is 8.49. The molecular formula is C25H22Cl2N2O4. The van der Waals surface area contributed by atoms with Gasteiger partial charge in [-0.05, 0) is 67.9 Å². The average molecular weight is 485 g/mol. The average Bonchev–Trinajstić information content (AvgIpc) is 2.78. The van der Waals surface area contributed by atoms with Crippen molar-refractivity contribution < 1.29 is 19.1 Å². The van der Waals surface area contributed by atoms with E-state index in [1.54, 1.807) is 42.2 Å². The fourth-order valence-corrected chi connectivity index (χ4v) is 3.81. The molecule has 0 bridgehead atoms. The molecule has 3 aromatic carbocycles. The smallest absolute Gasteiger partial charge is 0.267 e. The second kappa shape index (κ2) is 9.73. The molecule has 1 N–H and O–H groups in total. The van der Waals surface area contributed by atoms with Gasteiger partial charge in [0.2, 0.25) is 0 Å². The zero-order valence-electron chi connectivity index (χ0n) is 18.1. The SMILES string of the molecule is Cc1cccc(OCCN2C(=O)C(C)Oc3ccc(NC(=O)c4ccc(Cl)c(Cl)c4)cc32)c1. The molecule has 0 aliphatic carbocycles. The fourth-order valence-electron chi connectivity index (χ4n) is 3.52. The summed E-state index contributed by atoms with van der Waals surface area (Å²) < 4.78 is 11.6. The van der Waals surface area contributed by atoms with E-state index in [0.29, 0.717) is 45.9 Å². The second-order valence-electron chi connectivity index (χ2n) is 7.68. The van der Waals surface area contributed by atoms with Gasteiger partial charge in [-0.15, -0.1) is 0 Å². The van der Waals surface area contributed by atoms with E-state index in [4.69, 9.17) is 32.7 Å². The number of rotatable bonds is 6. The zero-order valence-corrected chi connectivity index (χ0v) is 19.6. The Morgan fingerprint density at radius 3 is 2.67 bits per heavy atom. The van der Waals surface area contributed by atoms with Crippen molar-refractivity contribution in [3.63, 3.8) is 0 Å². The Labute approximate surface area is 202 Å². The van der Waals surface area contributed by atoms with Crippen molar-refractivity contribution in [3.05, 3.63) is 81.8 Å². The molecule has 1 unspecified atom stereocenters. The molecule has 0 spiro atoms. The summed E-state index contributed by atoms with van der Waals surface area (Å²) in [6, 6.07) is 17.5. The van der Waals surface area contributed by atoms with Crippen LogP contribution in [0, 0.1) is 6.92 Å². The molecule has 0 saturated carbocycles. The number of fused-ring (bicyclic) bond motifs is 1. The van der Waals surface area contributed by atoms with Gasteiger partial charge >= 0.3 is 0 Å². The monoisotopic (exact) mass is 484 g/mol. The van der Waals surface area contributed by atoms with Crippen molar-refractivity contribution in [1.82, 2.24) is 0 Å². The third-order valence-corrected chi connectivity index (χ3v) is 5.92. The molecule has 1 heterocycles. The Balaban J connectivity index is 1.51. The first-order valence-electron chi connectivity index (χ1n) is 10.4. The van der Waals surface area contributed by atoms with Crippen LogP contribution >= 0.6 is 23.2 Å². The normalized spacial score (nSPS) is 15.0. The van der Waals surface area contributed by atoms with Crippen LogP contribution in [0.2, 0.25) is 10.0 Å². The van der Waals surface area contributed by atoms with E-state index in [0.717, 1.165) is 11.3 Å². The summed E-state index contributed by atoms with van der Waals surface area (Å²) >= 11 is 12.0. The molecule has 2 amide bonds. The van der Waals surface area contributed by atoms with E-state index < -0.39 is 6.10 Å². The van der Waals surface area contributed by atoms with E-state index >= 15 is 0 Å². The van der Waals surface area contributed by atoms with Crippen molar-refractivity contribution in [2.75, 3.05) is 23.4 Å². The fraction of sp³-hybridized carbons (Fsp3) is 0.200. The number of benzene rings is 3. The predicted octanol–water partition coefficient (Wildman–Crippen LogP) is 5.75. The first kappa shape index (κ1) is 23.0. The molecule has 33 heavy (non-hydrogen) atoms. The Kier molecular flexibility index (Phi) is 6.77. The third-order valence-electron chi connectivity index (χ3n) is 5.18. The highest BCUT2D eigenvalue weighted by Crippen LogP contribution is 2.36. The van der Waals surface area contributed by atoms with Crippen molar-refractivity contribution in [1.29, 1.82) is 0 Å². The van der Waals surface area contributed by atoms with Crippen LogP contribution < -0.4 is 19.7 Å². The molecule has 8 heteroatoms. The molecule has 1 atom stereocenters. The summed E-state index contributed by atoms with van der Waals surface area (Å²) in [6.07, 6.45) is -0.617. The van der Waals surface area contributed by atoms with Gasteiger partial charge in [0.25, 0.3) is 11.8 Å². The quantitative estimate of drug-likeness (QED) is 0.483. The van der Waals surface area contributed by atoms with E-state index in [-0.39, 0.29) is 11.8 Å². The molecule has 0 saturated heterocycles. The number of carbonyl (C=O) groups excluding carboxylic acids is 2. The molecule has 4 rings (SSSR count). The standard InChI is InChI=1S/C25H22Cl2N2O4/c1-15-4-3-5-19(12-15)32-11-10-29-22-14-18(7-9-23(22)33-16(2)25(29)31)28-24(30)17-6-8-20(26)21(27)13-17/h3-9,12-14,16H,10-11H2,1-2H3,(H,28,30). The lowest BCUT2D eigenvalue weighted by Gasteiger charge is -2.33. The maximum absolute atomic E-state index is 12.8. The Hall–Kier alpha value is -3.22. The number of halogens is 2. The highest BCUT2D eigenvalue weighted by Gasteiger charge is 2.31. The number of hydrogen-bond donors (Lipinski definition) is 1. The first-order chi connectivity index (χ1) is 15.8. The van der Waals surface area contributed by atoms with E-state index in [2.05, 4.69) is 5.32 Å². The van der Waals surface area contributed by atoms with Gasteiger partial charge in [0, 0.05) is 11.3 Å². The van der Waals surface area contributed by atoms with Crippen LogP contribution in [0.25, 0.3) is 0 Å². The molecule has 1 aliphatic heterocycles. The highest BCUT2D eigenvalue weighted by molar-refractivity contribution is 6.42. The van der Waals surface area contributed by atoms with E-state index in [9.17, 15) is 9.59 Å². The lowest BCUT2D eigenvalue weighted by molar-refractivity contribution is -0.125. The Bertz CT molecular complexity index is 1210. The van der Waals surface area contributed by atoms with Gasteiger partial charge in [0.15, 0.2) is 6.10 Å². The number of nitrogens with zero attached hydrogens (tertiary/aromatic N) is 1. The molecular weight excluding hydrogens is 463 g/mol. The number of aryl methyl sites for hydroxylation is 1. The largest absolute Gasteiger partial charge is 0.492 e. The molecule has 0 aromatic heterocycles. The third kappa shape index (κ3) is 5.24. The number of amides is 2. The molecule has 0 radical (unpaired) electrons. The van der Waals surface area contributed by atoms with Crippen molar-refractivity contribution in [3.8, 4) is 11.5 Å². The van der Waals surface area contributed by atoms with Crippen molar-refractivity contribution >= 4 is 46.4 Å². The number of hydrogen-bond acceptors (Lipinski definition) is 4. The topological polar surface area (TPSA) is 67.9 Å². The van der Waals surface area contributed by atoms with Gasteiger partial charge in [0.1, 0.15) is 18.1 Å². The Morgan fingerprint density at radius 1 is 1.09 bits per heavy atom. The van der Waals surface area contributed by atoms with E-state index in [1.807, 2.05) is 31.2 Å². The maximum Gasteiger partial charge on any atom is 0.267 e. The predicted molar refractivity (Wildman–Crippen MR) is 130 cm³/mol. The van der Waals surface area contributed by atoms with Crippen LogP contribution in [0.3, 0.4) is 0 Å². The lowest BCUT2D eigenvalue weighted by Crippen LogP contribution is -2.46. The molecule has 1 aliphatic rings. The summed E-state index contributed by atoms with van der Waals surface area (Å²) in [5.74, 6) is 0.777. The van der Waals surface area contributed by atoms with Crippen LogP contribution in [-0.2, 0) is 4.79 Å². The lowest BCUT2D eigenvalue weighted by atomic mass is 10.1. The zero-order chi connectivity index (χ0) is 23.5. The summed E-state index contributed by atoms with van der Waals surface area (Å²) in [5, 5.41) is 3.49. The number of nitrogens with one attached hydrogen (secondary N) is 1. The minimum atomic E-state index is -0.617. The number of anilines is 2. The van der Waals surface area contributed by atoms with Crippen molar-refractivity contribution in [2.24, 2.45) is 0 Å². The summed E-state index contributed by atoms with van der Waals surface area (Å²) in [7, 11) is 0. The summed E-state index contributed by atoms with van der Waals surface area (Å²) in [4.78, 5) is 27.1. The molecule has 0 fully saturated rings. The molecule has 170 valence electrons. The minimum Gasteiger partial charge on any atom is -0.492 e. The number of carbonyl (C=O) groups is 2.